The molecule has 0 atom stereocenters. The van der Waals surface area contributed by atoms with Gasteiger partial charge in [0.1, 0.15) is 11.4 Å². The lowest BCUT2D eigenvalue weighted by atomic mass is 10.1. The van der Waals surface area contributed by atoms with Gasteiger partial charge in [0.2, 0.25) is 0 Å². The Morgan fingerprint density at radius 2 is 1.94 bits per heavy atom. The number of hydrogen-bond donors (Lipinski definition) is 1. The zero-order chi connectivity index (χ0) is 13.3. The van der Waals surface area contributed by atoms with Crippen molar-refractivity contribution in [3.8, 4) is 5.75 Å². The van der Waals surface area contributed by atoms with Gasteiger partial charge in [0.15, 0.2) is 0 Å². The normalized spacial score (nSPS) is 15.3. The van der Waals surface area contributed by atoms with Gasteiger partial charge in [-0.25, -0.2) is 4.79 Å². The maximum absolute atomic E-state index is 11.5. The minimum atomic E-state index is -0.709. The fraction of sp³-hybridized carbons (Fsp3) is 0.462. The van der Waals surface area contributed by atoms with Crippen molar-refractivity contribution >= 4 is 6.16 Å². The number of hydrogen-bond acceptors (Lipinski definition) is 5. The van der Waals surface area contributed by atoms with E-state index < -0.39 is 11.8 Å². The van der Waals surface area contributed by atoms with Crippen molar-refractivity contribution in [3.05, 3.63) is 29.3 Å². The molecule has 0 radical (unpaired) electrons. The summed E-state index contributed by atoms with van der Waals surface area (Å²) in [7, 11) is 0. The third-order valence-corrected chi connectivity index (χ3v) is 2.48. The van der Waals surface area contributed by atoms with E-state index >= 15 is 0 Å². The highest BCUT2D eigenvalue weighted by Gasteiger charge is 2.25. The first-order valence-electron chi connectivity index (χ1n) is 5.80. The molecule has 5 heteroatoms. The quantitative estimate of drug-likeness (QED) is 0.777. The molecule has 5 nitrogen and oxygen atoms in total. The highest BCUT2D eigenvalue weighted by atomic mass is 16.8. The third-order valence-electron chi connectivity index (χ3n) is 2.48. The number of phenolic OH excluding ortho intramolecular Hbond substituents is 1. The summed E-state index contributed by atoms with van der Waals surface area (Å²) in [6.45, 7) is 6.32. The van der Waals surface area contributed by atoms with Crippen LogP contribution in [-0.4, -0.2) is 21.9 Å². The van der Waals surface area contributed by atoms with E-state index in [-0.39, 0.29) is 5.75 Å². The van der Waals surface area contributed by atoms with Crippen molar-refractivity contribution in [2.75, 3.05) is 0 Å². The van der Waals surface area contributed by atoms with E-state index in [4.69, 9.17) is 9.57 Å². The van der Waals surface area contributed by atoms with Gasteiger partial charge in [-0.1, -0.05) is 6.07 Å². The van der Waals surface area contributed by atoms with Gasteiger partial charge in [0.25, 0.3) is 0 Å². The summed E-state index contributed by atoms with van der Waals surface area (Å²) < 4.78 is 5.07. The fourth-order valence-corrected chi connectivity index (χ4v) is 1.79. The molecule has 0 fully saturated rings. The number of carbonyl (C=O) groups excluding carboxylic acids is 1. The Labute approximate surface area is 106 Å². The van der Waals surface area contributed by atoms with Crippen LogP contribution in [0.25, 0.3) is 0 Å². The molecule has 0 amide bonds. The molecule has 0 unspecified atom stereocenters. The average molecular weight is 251 g/mol. The third kappa shape index (κ3) is 3.13. The Bertz CT molecular complexity index is 465. The van der Waals surface area contributed by atoms with Crippen molar-refractivity contribution in [1.82, 2.24) is 5.06 Å². The summed E-state index contributed by atoms with van der Waals surface area (Å²) in [6.07, 6.45) is -0.709. The minimum absolute atomic E-state index is 0.216. The Morgan fingerprint density at radius 1 is 1.28 bits per heavy atom. The molecule has 1 heterocycles. The molecular formula is C13H17NO4. The molecular weight excluding hydrogens is 234 g/mol. The van der Waals surface area contributed by atoms with Gasteiger partial charge in [-0.05, 0) is 44.0 Å². The zero-order valence-electron chi connectivity index (χ0n) is 10.8. The van der Waals surface area contributed by atoms with E-state index in [0.29, 0.717) is 13.1 Å². The van der Waals surface area contributed by atoms with Crippen LogP contribution in [0.3, 0.4) is 0 Å². The van der Waals surface area contributed by atoms with E-state index in [2.05, 4.69) is 0 Å². The Kier molecular flexibility index (Phi) is 3.17. The second-order valence-electron chi connectivity index (χ2n) is 5.31. The van der Waals surface area contributed by atoms with Crippen molar-refractivity contribution in [2.24, 2.45) is 0 Å². The van der Waals surface area contributed by atoms with E-state index in [1.54, 1.807) is 32.9 Å². The first-order valence-corrected chi connectivity index (χ1v) is 5.80. The highest BCUT2D eigenvalue weighted by Crippen LogP contribution is 2.26. The van der Waals surface area contributed by atoms with Gasteiger partial charge in [-0.3, -0.25) is 0 Å². The van der Waals surface area contributed by atoms with Crippen LogP contribution < -0.4 is 0 Å². The van der Waals surface area contributed by atoms with Crippen molar-refractivity contribution in [2.45, 2.75) is 39.5 Å². The van der Waals surface area contributed by atoms with Gasteiger partial charge >= 0.3 is 6.16 Å². The first kappa shape index (κ1) is 12.7. The van der Waals surface area contributed by atoms with Crippen molar-refractivity contribution in [1.29, 1.82) is 0 Å². The first-order chi connectivity index (χ1) is 8.33. The molecule has 1 aromatic rings. The van der Waals surface area contributed by atoms with Crippen LogP contribution in [0.15, 0.2) is 18.2 Å². The highest BCUT2D eigenvalue weighted by molar-refractivity contribution is 5.60. The van der Waals surface area contributed by atoms with Crippen LogP contribution in [0.5, 0.6) is 5.75 Å². The lowest BCUT2D eigenvalue weighted by Gasteiger charge is -2.21. The van der Waals surface area contributed by atoms with E-state index in [9.17, 15) is 9.90 Å². The Morgan fingerprint density at radius 3 is 2.61 bits per heavy atom. The van der Waals surface area contributed by atoms with Crippen LogP contribution in [0, 0.1) is 0 Å². The maximum atomic E-state index is 11.5. The van der Waals surface area contributed by atoms with Gasteiger partial charge in [-0.2, -0.15) is 0 Å². The molecule has 0 bridgehead atoms. The number of nitrogens with zero attached hydrogens (tertiary/aromatic N) is 1. The van der Waals surface area contributed by atoms with Crippen LogP contribution >= 0.6 is 0 Å². The van der Waals surface area contributed by atoms with Gasteiger partial charge < -0.3 is 14.7 Å². The topological polar surface area (TPSA) is 59.0 Å². The van der Waals surface area contributed by atoms with E-state index in [1.807, 2.05) is 6.07 Å². The monoisotopic (exact) mass is 251 g/mol. The van der Waals surface area contributed by atoms with Crippen LogP contribution in [0.4, 0.5) is 4.79 Å². The smallest absolute Gasteiger partial charge is 0.508 e. The van der Waals surface area contributed by atoms with Gasteiger partial charge in [0, 0.05) is 0 Å². The summed E-state index contributed by atoms with van der Waals surface area (Å²) in [5.41, 5.74) is 1.43. The van der Waals surface area contributed by atoms with Crippen LogP contribution in [-0.2, 0) is 22.7 Å². The van der Waals surface area contributed by atoms with Gasteiger partial charge in [0.05, 0.1) is 13.1 Å². The molecule has 0 spiro atoms. The summed E-state index contributed by atoms with van der Waals surface area (Å²) in [4.78, 5) is 16.6. The predicted octanol–water partition coefficient (Wildman–Crippen LogP) is 2.57. The molecule has 1 aliphatic rings. The molecule has 0 aliphatic carbocycles. The van der Waals surface area contributed by atoms with Crippen molar-refractivity contribution in [3.63, 3.8) is 0 Å². The number of rotatable bonds is 1. The molecule has 98 valence electrons. The zero-order valence-corrected chi connectivity index (χ0v) is 10.8. The van der Waals surface area contributed by atoms with E-state index in [1.165, 1.54) is 5.06 Å². The minimum Gasteiger partial charge on any atom is -0.508 e. The molecule has 1 N–H and O–H groups in total. The number of carbonyl (C=O) groups is 1. The van der Waals surface area contributed by atoms with E-state index in [0.717, 1.165) is 11.1 Å². The molecule has 1 aliphatic heterocycles. The number of ether oxygens (including phenoxy) is 1. The maximum Gasteiger partial charge on any atom is 0.528 e. The Hall–Kier alpha value is -1.75. The lowest BCUT2D eigenvalue weighted by Crippen LogP contribution is -2.29. The predicted molar refractivity (Wildman–Crippen MR) is 64.7 cm³/mol. The summed E-state index contributed by atoms with van der Waals surface area (Å²) in [5.74, 6) is 0.216. The summed E-state index contributed by atoms with van der Waals surface area (Å²) in [6, 6.07) is 5.12. The number of aromatic hydroxyl groups is 1. The molecule has 2 rings (SSSR count). The molecule has 0 saturated carbocycles. The van der Waals surface area contributed by atoms with Crippen molar-refractivity contribution < 1.29 is 19.5 Å². The number of hydroxylamine groups is 2. The average Bonchev–Trinajstić information content (AvgIpc) is 2.55. The van der Waals surface area contributed by atoms with Crippen LogP contribution in [0.2, 0.25) is 0 Å². The van der Waals surface area contributed by atoms with Gasteiger partial charge in [-0.15, -0.1) is 5.06 Å². The largest absolute Gasteiger partial charge is 0.528 e. The molecule has 0 aromatic heterocycles. The number of fused-ring (bicyclic) bond motifs is 1. The second kappa shape index (κ2) is 4.49. The molecule has 0 saturated heterocycles. The molecule has 1 aromatic carbocycles. The number of benzene rings is 1. The number of phenols is 1. The fourth-order valence-electron chi connectivity index (χ4n) is 1.79. The SMILES string of the molecule is CC(C)(C)OC(=O)ON1Cc2ccc(O)cc2C1. The standard InChI is InChI=1S/C13H17NO4/c1-13(2,3)17-12(16)18-14-7-9-4-5-11(15)6-10(9)8-14/h4-6,15H,7-8H2,1-3H3. The summed E-state index contributed by atoms with van der Waals surface area (Å²) >= 11 is 0. The lowest BCUT2D eigenvalue weighted by molar-refractivity contribution is -0.147. The summed E-state index contributed by atoms with van der Waals surface area (Å²) in [5, 5.41) is 10.9. The molecule has 18 heavy (non-hydrogen) atoms. The Balaban J connectivity index is 1.94. The second-order valence-corrected chi connectivity index (χ2v) is 5.31. The van der Waals surface area contributed by atoms with Crippen LogP contribution in [0.1, 0.15) is 31.9 Å².